The van der Waals surface area contributed by atoms with Crippen LogP contribution in [0.3, 0.4) is 0 Å². The molecule has 1 fully saturated rings. The van der Waals surface area contributed by atoms with Crippen molar-refractivity contribution in [2.75, 3.05) is 26.3 Å². The van der Waals surface area contributed by atoms with Crippen molar-refractivity contribution < 1.29 is 19.4 Å². The quantitative estimate of drug-likeness (QED) is 0.835. The Balaban J connectivity index is 1.68. The van der Waals surface area contributed by atoms with Gasteiger partial charge in [-0.2, -0.15) is 0 Å². The summed E-state index contributed by atoms with van der Waals surface area (Å²) in [5, 5.41) is 9.13. The molecule has 1 atom stereocenters. The van der Waals surface area contributed by atoms with E-state index in [9.17, 15) is 4.79 Å². The maximum atomic E-state index is 11.1. The summed E-state index contributed by atoms with van der Waals surface area (Å²) in [4.78, 5) is 13.2. The van der Waals surface area contributed by atoms with E-state index in [1.54, 1.807) is 0 Å². The van der Waals surface area contributed by atoms with Gasteiger partial charge in [0.2, 0.25) is 0 Å². The number of ether oxygens (including phenoxy) is 2. The molecule has 2 heterocycles. The average Bonchev–Trinajstić information content (AvgIpc) is 2.81. The number of aliphatic carboxylic acids is 1. The van der Waals surface area contributed by atoms with E-state index in [2.05, 4.69) is 4.90 Å². The van der Waals surface area contributed by atoms with Crippen LogP contribution in [0.4, 0.5) is 0 Å². The topological polar surface area (TPSA) is 85.0 Å². The van der Waals surface area contributed by atoms with Crippen LogP contribution >= 0.6 is 0 Å². The van der Waals surface area contributed by atoms with Gasteiger partial charge < -0.3 is 20.3 Å². The molecule has 0 saturated carbocycles. The molecule has 20 heavy (non-hydrogen) atoms. The van der Waals surface area contributed by atoms with E-state index >= 15 is 0 Å². The van der Waals surface area contributed by atoms with Crippen molar-refractivity contribution >= 4 is 5.97 Å². The molecule has 6 heteroatoms. The van der Waals surface area contributed by atoms with Crippen molar-refractivity contribution in [1.82, 2.24) is 4.90 Å². The van der Waals surface area contributed by atoms with E-state index in [0.717, 1.165) is 17.1 Å². The lowest BCUT2D eigenvalue weighted by molar-refractivity contribution is -0.142. The highest BCUT2D eigenvalue weighted by Crippen LogP contribution is 2.31. The van der Waals surface area contributed by atoms with E-state index < -0.39 is 11.5 Å². The van der Waals surface area contributed by atoms with Gasteiger partial charge in [-0.25, -0.2) is 0 Å². The van der Waals surface area contributed by atoms with Crippen LogP contribution in [0.15, 0.2) is 18.2 Å². The van der Waals surface area contributed by atoms with Crippen LogP contribution < -0.4 is 15.2 Å². The molecule has 0 unspecified atom stereocenters. The molecule has 1 saturated heterocycles. The number of nitrogens with zero attached hydrogens (tertiary/aromatic N) is 1. The van der Waals surface area contributed by atoms with Gasteiger partial charge in [-0.15, -0.1) is 0 Å². The Bertz CT molecular complexity index is 534. The molecule has 0 aliphatic carbocycles. The summed E-state index contributed by atoms with van der Waals surface area (Å²) in [6.45, 7) is 2.87. The maximum absolute atomic E-state index is 11.1. The SMILES string of the molecule is N[C@]1(C(=O)O)CCN(Cc2ccc3c(c2)OCCO3)C1. The molecule has 0 radical (unpaired) electrons. The average molecular weight is 278 g/mol. The minimum Gasteiger partial charge on any atom is -0.486 e. The molecule has 1 aromatic rings. The Labute approximate surface area is 117 Å². The van der Waals surface area contributed by atoms with Crippen molar-refractivity contribution in [3.63, 3.8) is 0 Å². The molecular weight excluding hydrogens is 260 g/mol. The van der Waals surface area contributed by atoms with Gasteiger partial charge in [0, 0.05) is 19.6 Å². The lowest BCUT2D eigenvalue weighted by atomic mass is 10.0. The number of hydrogen-bond acceptors (Lipinski definition) is 5. The number of fused-ring (bicyclic) bond motifs is 1. The zero-order valence-electron chi connectivity index (χ0n) is 11.2. The highest BCUT2D eigenvalue weighted by Gasteiger charge is 2.41. The number of rotatable bonds is 3. The van der Waals surface area contributed by atoms with Crippen molar-refractivity contribution in [1.29, 1.82) is 0 Å². The molecule has 2 aliphatic rings. The minimum absolute atomic E-state index is 0.372. The first-order chi connectivity index (χ1) is 9.57. The fourth-order valence-electron chi connectivity index (χ4n) is 2.67. The Morgan fingerprint density at radius 1 is 1.35 bits per heavy atom. The molecule has 0 spiro atoms. The second-order valence-corrected chi connectivity index (χ2v) is 5.40. The maximum Gasteiger partial charge on any atom is 0.325 e. The van der Waals surface area contributed by atoms with Gasteiger partial charge in [-0.3, -0.25) is 9.69 Å². The Hall–Kier alpha value is -1.79. The molecule has 0 bridgehead atoms. The third-order valence-corrected chi connectivity index (χ3v) is 3.82. The molecular formula is C14H18N2O4. The number of carboxylic acid groups (broad SMARTS) is 1. The molecule has 3 N–H and O–H groups in total. The summed E-state index contributed by atoms with van der Waals surface area (Å²) in [6, 6.07) is 5.82. The normalized spacial score (nSPS) is 25.6. The zero-order valence-corrected chi connectivity index (χ0v) is 11.2. The van der Waals surface area contributed by atoms with Crippen LogP contribution in [0.1, 0.15) is 12.0 Å². The van der Waals surface area contributed by atoms with Crippen LogP contribution in [0.25, 0.3) is 0 Å². The van der Waals surface area contributed by atoms with Crippen LogP contribution in [-0.4, -0.2) is 47.8 Å². The van der Waals surface area contributed by atoms with Gasteiger partial charge in [0.25, 0.3) is 0 Å². The highest BCUT2D eigenvalue weighted by atomic mass is 16.6. The standard InChI is InChI=1S/C14H18N2O4/c15-14(13(17)18)3-4-16(9-14)8-10-1-2-11-12(7-10)20-6-5-19-11/h1-2,7H,3-6,8-9,15H2,(H,17,18)/t14-/m1/s1. The van der Waals surface area contributed by atoms with Crippen LogP contribution in [0.2, 0.25) is 0 Å². The van der Waals surface area contributed by atoms with E-state index in [1.807, 2.05) is 18.2 Å². The molecule has 2 aliphatic heterocycles. The molecule has 0 aromatic heterocycles. The van der Waals surface area contributed by atoms with E-state index in [4.69, 9.17) is 20.3 Å². The molecule has 3 rings (SSSR count). The third-order valence-electron chi connectivity index (χ3n) is 3.82. The molecule has 1 aromatic carbocycles. The second-order valence-electron chi connectivity index (χ2n) is 5.40. The van der Waals surface area contributed by atoms with Crippen LogP contribution in [0, 0.1) is 0 Å². The predicted octanol–water partition coefficient (Wildman–Crippen LogP) is 0.446. The number of likely N-dealkylation sites (tertiary alicyclic amines) is 1. The molecule has 0 amide bonds. The zero-order chi connectivity index (χ0) is 14.2. The number of nitrogens with two attached hydrogens (primary N) is 1. The minimum atomic E-state index is -1.12. The second kappa shape index (κ2) is 4.96. The van der Waals surface area contributed by atoms with Crippen molar-refractivity contribution in [2.45, 2.75) is 18.5 Å². The van der Waals surface area contributed by atoms with E-state index in [1.165, 1.54) is 0 Å². The van der Waals surface area contributed by atoms with Gasteiger partial charge in [-0.1, -0.05) is 6.07 Å². The van der Waals surface area contributed by atoms with Gasteiger partial charge in [0.05, 0.1) is 0 Å². The Kier molecular flexibility index (Phi) is 3.27. The number of benzene rings is 1. The van der Waals surface area contributed by atoms with Crippen molar-refractivity contribution in [3.8, 4) is 11.5 Å². The molecule has 108 valence electrons. The lowest BCUT2D eigenvalue weighted by Gasteiger charge is -2.22. The monoisotopic (exact) mass is 278 g/mol. The summed E-state index contributed by atoms with van der Waals surface area (Å²) in [7, 11) is 0. The summed E-state index contributed by atoms with van der Waals surface area (Å²) < 4.78 is 11.0. The summed E-state index contributed by atoms with van der Waals surface area (Å²) >= 11 is 0. The summed E-state index contributed by atoms with van der Waals surface area (Å²) in [6.07, 6.45) is 0.479. The van der Waals surface area contributed by atoms with Gasteiger partial charge in [0.15, 0.2) is 11.5 Å². The largest absolute Gasteiger partial charge is 0.486 e. The fourth-order valence-corrected chi connectivity index (χ4v) is 2.67. The smallest absolute Gasteiger partial charge is 0.325 e. The number of carboxylic acids is 1. The fraction of sp³-hybridized carbons (Fsp3) is 0.500. The summed E-state index contributed by atoms with van der Waals surface area (Å²) in [5.74, 6) is 0.590. The first-order valence-corrected chi connectivity index (χ1v) is 6.70. The summed E-state index contributed by atoms with van der Waals surface area (Å²) in [5.41, 5.74) is 5.83. The van der Waals surface area contributed by atoms with Crippen LogP contribution in [0.5, 0.6) is 11.5 Å². The van der Waals surface area contributed by atoms with E-state index in [-0.39, 0.29) is 0 Å². The van der Waals surface area contributed by atoms with E-state index in [0.29, 0.717) is 39.3 Å². The van der Waals surface area contributed by atoms with Gasteiger partial charge in [-0.05, 0) is 24.1 Å². The van der Waals surface area contributed by atoms with Gasteiger partial charge in [0.1, 0.15) is 18.8 Å². The number of hydrogen-bond donors (Lipinski definition) is 2. The number of carbonyl (C=O) groups is 1. The van der Waals surface area contributed by atoms with Crippen molar-refractivity contribution in [3.05, 3.63) is 23.8 Å². The third kappa shape index (κ3) is 2.44. The Morgan fingerprint density at radius 3 is 2.80 bits per heavy atom. The molecule has 6 nitrogen and oxygen atoms in total. The first kappa shape index (κ1) is 13.2. The first-order valence-electron chi connectivity index (χ1n) is 6.70. The predicted molar refractivity (Wildman–Crippen MR) is 71.9 cm³/mol. The highest BCUT2D eigenvalue weighted by molar-refractivity contribution is 5.79. The lowest BCUT2D eigenvalue weighted by Crippen LogP contribution is -2.50. The van der Waals surface area contributed by atoms with Crippen molar-refractivity contribution in [2.24, 2.45) is 5.73 Å². The van der Waals surface area contributed by atoms with Gasteiger partial charge >= 0.3 is 5.97 Å². The van der Waals surface area contributed by atoms with Crippen LogP contribution in [-0.2, 0) is 11.3 Å². The Morgan fingerprint density at radius 2 is 2.10 bits per heavy atom.